The molecule has 25 heavy (non-hydrogen) atoms. The molecule has 3 rings (SSSR count). The summed E-state index contributed by atoms with van der Waals surface area (Å²) < 4.78 is 7.17. The monoisotopic (exact) mass is 344 g/mol. The van der Waals surface area contributed by atoms with Crippen molar-refractivity contribution in [1.29, 1.82) is 0 Å². The number of amides is 2. The molecule has 0 bridgehead atoms. The Morgan fingerprint density at radius 1 is 1.32 bits per heavy atom. The van der Waals surface area contributed by atoms with Crippen LogP contribution in [0.2, 0.25) is 0 Å². The zero-order valence-electron chi connectivity index (χ0n) is 14.6. The van der Waals surface area contributed by atoms with E-state index in [0.29, 0.717) is 24.5 Å². The van der Waals surface area contributed by atoms with Gasteiger partial charge in [-0.1, -0.05) is 19.9 Å². The number of imidazole rings is 1. The normalized spacial score (nSPS) is 17.2. The fourth-order valence-electron chi connectivity index (χ4n) is 2.84. The number of nitrogens with one attached hydrogen (secondary N) is 2. The van der Waals surface area contributed by atoms with E-state index in [1.807, 2.05) is 19.9 Å². The molecule has 7 nitrogen and oxygen atoms in total. The first-order valence-corrected chi connectivity index (χ1v) is 8.71. The topological polar surface area (TPSA) is 84.7 Å². The van der Waals surface area contributed by atoms with Crippen molar-refractivity contribution in [1.82, 2.24) is 20.0 Å². The second kappa shape index (κ2) is 7.65. The Balaban J connectivity index is 1.80. The Morgan fingerprint density at radius 2 is 2.16 bits per heavy atom. The molecule has 7 heteroatoms. The number of carbonyl (C=O) groups excluding carboxylic acids is 2. The third-order valence-electron chi connectivity index (χ3n) is 4.15. The van der Waals surface area contributed by atoms with Gasteiger partial charge in [0, 0.05) is 25.9 Å². The molecule has 1 aliphatic rings. The summed E-state index contributed by atoms with van der Waals surface area (Å²) in [6.45, 7) is 5.80. The Morgan fingerprint density at radius 3 is 2.88 bits per heavy atom. The molecule has 0 spiro atoms. The summed E-state index contributed by atoms with van der Waals surface area (Å²) in [5.74, 6) is -0.0227. The average Bonchev–Trinajstić information content (AvgIpc) is 3.25. The van der Waals surface area contributed by atoms with E-state index in [0.717, 1.165) is 19.4 Å². The molecule has 2 N–H and O–H groups in total. The number of hydrogen-bond donors (Lipinski definition) is 2. The smallest absolute Gasteiger partial charge is 0.287 e. The van der Waals surface area contributed by atoms with Crippen LogP contribution in [0.3, 0.4) is 0 Å². The minimum Gasteiger partial charge on any atom is -0.376 e. The summed E-state index contributed by atoms with van der Waals surface area (Å²) >= 11 is 0. The van der Waals surface area contributed by atoms with Gasteiger partial charge in [0.2, 0.25) is 5.82 Å². The molecule has 1 aliphatic heterocycles. The predicted octanol–water partition coefficient (Wildman–Crippen LogP) is 1.63. The first-order valence-electron chi connectivity index (χ1n) is 8.71. The number of nitrogens with zero attached hydrogens (tertiary/aromatic N) is 2. The molecule has 1 atom stereocenters. The van der Waals surface area contributed by atoms with Gasteiger partial charge in [0.1, 0.15) is 0 Å². The van der Waals surface area contributed by atoms with Crippen molar-refractivity contribution < 1.29 is 14.3 Å². The van der Waals surface area contributed by atoms with Crippen molar-refractivity contribution in [3.05, 3.63) is 35.9 Å². The van der Waals surface area contributed by atoms with Crippen molar-refractivity contribution in [2.24, 2.45) is 5.92 Å². The van der Waals surface area contributed by atoms with E-state index < -0.39 is 0 Å². The fraction of sp³-hybridized carbons (Fsp3) is 0.500. The zero-order valence-corrected chi connectivity index (χ0v) is 14.6. The van der Waals surface area contributed by atoms with Crippen LogP contribution >= 0.6 is 0 Å². The highest BCUT2D eigenvalue weighted by atomic mass is 16.5. The van der Waals surface area contributed by atoms with Crippen LogP contribution in [0.15, 0.2) is 24.4 Å². The van der Waals surface area contributed by atoms with Crippen molar-refractivity contribution >= 4 is 17.3 Å². The lowest BCUT2D eigenvalue weighted by atomic mass is 10.2. The number of fused-ring (bicyclic) bond motifs is 1. The summed E-state index contributed by atoms with van der Waals surface area (Å²) in [6, 6.07) is 5.42. The van der Waals surface area contributed by atoms with Gasteiger partial charge in [-0.2, -0.15) is 0 Å². The molecule has 1 saturated heterocycles. The second-order valence-corrected chi connectivity index (χ2v) is 6.69. The van der Waals surface area contributed by atoms with Gasteiger partial charge in [-0.25, -0.2) is 4.98 Å². The SMILES string of the molecule is CC(C)CNC(=O)c1nc(C(=O)NCC2CCCO2)n2ccccc12. The van der Waals surface area contributed by atoms with E-state index in [1.165, 1.54) is 0 Å². The van der Waals surface area contributed by atoms with Crippen LogP contribution in [0.25, 0.3) is 5.52 Å². The lowest BCUT2D eigenvalue weighted by molar-refractivity contribution is 0.0848. The van der Waals surface area contributed by atoms with Gasteiger partial charge in [-0.15, -0.1) is 0 Å². The van der Waals surface area contributed by atoms with Gasteiger partial charge in [0.25, 0.3) is 11.8 Å². The highest BCUT2D eigenvalue weighted by molar-refractivity contribution is 6.02. The van der Waals surface area contributed by atoms with Crippen molar-refractivity contribution in [3.63, 3.8) is 0 Å². The van der Waals surface area contributed by atoms with Crippen LogP contribution in [-0.4, -0.2) is 47.0 Å². The Hall–Kier alpha value is -2.41. The van der Waals surface area contributed by atoms with Gasteiger partial charge in [0.05, 0.1) is 11.6 Å². The lowest BCUT2D eigenvalue weighted by Gasteiger charge is -2.10. The zero-order chi connectivity index (χ0) is 17.8. The Kier molecular flexibility index (Phi) is 5.33. The highest BCUT2D eigenvalue weighted by Gasteiger charge is 2.23. The van der Waals surface area contributed by atoms with Gasteiger partial charge in [0.15, 0.2) is 5.69 Å². The molecular weight excluding hydrogens is 320 g/mol. The number of rotatable bonds is 6. The molecule has 0 radical (unpaired) electrons. The van der Waals surface area contributed by atoms with Crippen LogP contribution in [0, 0.1) is 5.92 Å². The van der Waals surface area contributed by atoms with E-state index >= 15 is 0 Å². The Labute approximate surface area is 146 Å². The third kappa shape index (κ3) is 3.99. The fourth-order valence-corrected chi connectivity index (χ4v) is 2.84. The quantitative estimate of drug-likeness (QED) is 0.834. The van der Waals surface area contributed by atoms with Crippen molar-refractivity contribution in [2.45, 2.75) is 32.8 Å². The highest BCUT2D eigenvalue weighted by Crippen LogP contribution is 2.14. The van der Waals surface area contributed by atoms with Gasteiger partial charge >= 0.3 is 0 Å². The summed E-state index contributed by atoms with van der Waals surface area (Å²) in [5.41, 5.74) is 0.884. The second-order valence-electron chi connectivity index (χ2n) is 6.69. The molecule has 134 valence electrons. The van der Waals surface area contributed by atoms with Gasteiger partial charge in [-0.3, -0.25) is 14.0 Å². The molecule has 2 aromatic rings. The van der Waals surface area contributed by atoms with E-state index in [-0.39, 0.29) is 29.4 Å². The van der Waals surface area contributed by atoms with E-state index in [1.54, 1.807) is 22.7 Å². The number of aromatic nitrogens is 2. The minimum absolute atomic E-state index is 0.0592. The summed E-state index contributed by atoms with van der Waals surface area (Å²) in [5, 5.41) is 5.71. The number of hydrogen-bond acceptors (Lipinski definition) is 4. The molecule has 0 saturated carbocycles. The largest absolute Gasteiger partial charge is 0.376 e. The van der Waals surface area contributed by atoms with Crippen LogP contribution in [0.4, 0.5) is 0 Å². The summed E-state index contributed by atoms with van der Waals surface area (Å²) in [6.07, 6.45) is 3.77. The Bertz CT molecular complexity index is 763. The summed E-state index contributed by atoms with van der Waals surface area (Å²) in [4.78, 5) is 29.3. The van der Waals surface area contributed by atoms with E-state index in [9.17, 15) is 9.59 Å². The van der Waals surface area contributed by atoms with E-state index in [2.05, 4.69) is 15.6 Å². The maximum atomic E-state index is 12.5. The van der Waals surface area contributed by atoms with Crippen molar-refractivity contribution in [3.8, 4) is 0 Å². The first kappa shape index (κ1) is 17.4. The molecule has 0 aromatic carbocycles. The molecular formula is C18H24N4O3. The molecule has 2 amide bonds. The molecule has 3 heterocycles. The first-order chi connectivity index (χ1) is 12.1. The number of ether oxygens (including phenoxy) is 1. The standard InChI is InChI=1S/C18H24N4O3/c1-12(2)10-19-17(23)15-14-7-3-4-8-22(14)16(21-15)18(24)20-11-13-6-5-9-25-13/h3-4,7-8,12-13H,5-6,9-11H2,1-2H3,(H,19,23)(H,20,24). The maximum absolute atomic E-state index is 12.5. The van der Waals surface area contributed by atoms with Crippen LogP contribution in [0.1, 0.15) is 47.8 Å². The van der Waals surface area contributed by atoms with Gasteiger partial charge < -0.3 is 15.4 Å². The van der Waals surface area contributed by atoms with Gasteiger partial charge in [-0.05, 0) is 30.9 Å². The molecule has 0 aliphatic carbocycles. The van der Waals surface area contributed by atoms with E-state index in [4.69, 9.17) is 4.74 Å². The molecule has 2 aromatic heterocycles. The van der Waals surface area contributed by atoms with Crippen LogP contribution < -0.4 is 10.6 Å². The summed E-state index contributed by atoms with van der Waals surface area (Å²) in [7, 11) is 0. The minimum atomic E-state index is -0.306. The molecule has 1 unspecified atom stereocenters. The van der Waals surface area contributed by atoms with Crippen LogP contribution in [0.5, 0.6) is 0 Å². The van der Waals surface area contributed by atoms with Crippen LogP contribution in [-0.2, 0) is 4.74 Å². The third-order valence-corrected chi connectivity index (χ3v) is 4.15. The lowest BCUT2D eigenvalue weighted by Crippen LogP contribution is -2.33. The number of carbonyl (C=O) groups is 2. The average molecular weight is 344 g/mol. The number of pyridine rings is 1. The maximum Gasteiger partial charge on any atom is 0.287 e. The van der Waals surface area contributed by atoms with Crippen molar-refractivity contribution in [2.75, 3.05) is 19.7 Å². The molecule has 1 fully saturated rings. The predicted molar refractivity (Wildman–Crippen MR) is 93.7 cm³/mol.